The highest BCUT2D eigenvalue weighted by Crippen LogP contribution is 2.54. The van der Waals surface area contributed by atoms with Crippen LogP contribution in [0.2, 0.25) is 0 Å². The molecule has 5 aromatic rings. The fraction of sp³-hybridized carbons (Fsp3) is 0.125. The van der Waals surface area contributed by atoms with E-state index in [9.17, 15) is 0 Å². The van der Waals surface area contributed by atoms with Crippen molar-refractivity contribution in [3.05, 3.63) is 124 Å². The second-order valence-corrected chi connectivity index (χ2v) is 10.2. The lowest BCUT2D eigenvalue weighted by Gasteiger charge is -2.39. The van der Waals surface area contributed by atoms with Crippen LogP contribution < -0.4 is 4.90 Å². The molecule has 4 heterocycles. The Morgan fingerprint density at radius 1 is 0.571 bits per heavy atom. The quantitative estimate of drug-likeness (QED) is 0.253. The van der Waals surface area contributed by atoms with E-state index in [1.807, 2.05) is 18.6 Å². The van der Waals surface area contributed by atoms with Gasteiger partial charge in [-0.15, -0.1) is 0 Å². The van der Waals surface area contributed by atoms with E-state index in [1.54, 1.807) is 0 Å². The monoisotopic (exact) mass is 447 g/mol. The Kier molecular flexibility index (Phi) is 3.24. The van der Waals surface area contributed by atoms with E-state index in [1.165, 1.54) is 78.1 Å². The topological polar surface area (TPSA) is 29.0 Å². The highest BCUT2D eigenvalue weighted by atomic mass is 15.2. The van der Waals surface area contributed by atoms with Crippen molar-refractivity contribution in [1.29, 1.82) is 0 Å². The summed E-state index contributed by atoms with van der Waals surface area (Å²) in [5, 5.41) is 0. The highest BCUT2D eigenvalue weighted by molar-refractivity contribution is 5.94. The molecule has 0 bridgehead atoms. The number of hydrogen-bond acceptors (Lipinski definition) is 3. The number of hydrogen-bond donors (Lipinski definition) is 0. The van der Waals surface area contributed by atoms with Gasteiger partial charge in [0, 0.05) is 31.4 Å². The zero-order chi connectivity index (χ0) is 22.7. The van der Waals surface area contributed by atoms with Crippen molar-refractivity contribution in [1.82, 2.24) is 9.97 Å². The minimum Gasteiger partial charge on any atom is -0.294 e. The van der Waals surface area contributed by atoms with Gasteiger partial charge in [-0.2, -0.15) is 0 Å². The summed E-state index contributed by atoms with van der Waals surface area (Å²) >= 11 is 0. The van der Waals surface area contributed by atoms with Crippen LogP contribution in [0.15, 0.2) is 79.3 Å². The minimum atomic E-state index is 0.917. The van der Waals surface area contributed by atoms with Gasteiger partial charge in [-0.05, 0) is 104 Å². The fourth-order valence-electron chi connectivity index (χ4n) is 6.98. The molecule has 0 fully saturated rings. The Morgan fingerprint density at radius 2 is 1.40 bits per heavy atom. The van der Waals surface area contributed by atoms with Crippen LogP contribution in [0.25, 0.3) is 22.3 Å². The molecule has 0 amide bonds. The molecular formula is C32H21N3. The van der Waals surface area contributed by atoms with E-state index in [0.29, 0.717) is 0 Å². The van der Waals surface area contributed by atoms with Gasteiger partial charge in [0.1, 0.15) is 5.82 Å². The molecule has 2 aromatic heterocycles. The standard InChI is InChI=1S/C32H21N3/c1-2-6-24-18(4-1)10-20-11-21-14-28-27(26(21)16-25(20)24)15-22-12-23-17-33-9-7-30(23)35-31(22)29(28)13-19-5-3-8-34-32(19)35/h1-9,11,15-17H,10,12-14H2. The fourth-order valence-corrected chi connectivity index (χ4v) is 6.98. The molecule has 0 unspecified atom stereocenters. The van der Waals surface area contributed by atoms with E-state index in [0.717, 1.165) is 31.5 Å². The summed E-state index contributed by atoms with van der Waals surface area (Å²) in [5.74, 6) is 1.07. The first-order valence-corrected chi connectivity index (χ1v) is 12.4. The summed E-state index contributed by atoms with van der Waals surface area (Å²) in [6.07, 6.45) is 9.78. The molecule has 35 heavy (non-hydrogen) atoms. The predicted molar refractivity (Wildman–Crippen MR) is 139 cm³/mol. The Hall–Kier alpha value is -4.24. The van der Waals surface area contributed by atoms with Gasteiger partial charge in [0.15, 0.2) is 0 Å². The van der Waals surface area contributed by atoms with Crippen LogP contribution in [-0.2, 0) is 25.7 Å². The number of nitrogens with zero attached hydrogens (tertiary/aromatic N) is 3. The first-order chi connectivity index (χ1) is 17.3. The third kappa shape index (κ3) is 2.26. The molecule has 2 aliphatic heterocycles. The lowest BCUT2D eigenvalue weighted by Crippen LogP contribution is -2.26. The second kappa shape index (κ2) is 6.25. The van der Waals surface area contributed by atoms with Gasteiger partial charge in [-0.3, -0.25) is 9.88 Å². The molecule has 3 heteroatoms. The maximum absolute atomic E-state index is 4.85. The SMILES string of the molecule is c1ccc2c(c1)Cc1cc3c(cc1-2)-c1cc2c4c(c1C3)Cc1cccnc1N4c1ccncc1C2. The molecule has 164 valence electrons. The minimum absolute atomic E-state index is 0.917. The van der Waals surface area contributed by atoms with Crippen LogP contribution in [0.5, 0.6) is 0 Å². The van der Waals surface area contributed by atoms with Crippen molar-refractivity contribution < 1.29 is 0 Å². The lowest BCUT2D eigenvalue weighted by molar-refractivity contribution is 0.961. The number of benzene rings is 3. The van der Waals surface area contributed by atoms with E-state index >= 15 is 0 Å². The van der Waals surface area contributed by atoms with Crippen LogP contribution in [-0.4, -0.2) is 9.97 Å². The molecule has 9 rings (SSSR count). The van der Waals surface area contributed by atoms with Crippen molar-refractivity contribution >= 4 is 17.2 Å². The largest absolute Gasteiger partial charge is 0.294 e. The Labute approximate surface area is 203 Å². The van der Waals surface area contributed by atoms with E-state index < -0.39 is 0 Å². The second-order valence-electron chi connectivity index (χ2n) is 10.2. The Bertz CT molecular complexity index is 1750. The maximum atomic E-state index is 4.85. The van der Waals surface area contributed by atoms with Gasteiger partial charge in [0.25, 0.3) is 0 Å². The molecule has 3 nitrogen and oxygen atoms in total. The molecule has 0 spiro atoms. The molecular weight excluding hydrogens is 426 g/mol. The van der Waals surface area contributed by atoms with Crippen molar-refractivity contribution in [2.75, 3.05) is 4.90 Å². The third-order valence-corrected chi connectivity index (χ3v) is 8.44. The Balaban J connectivity index is 1.30. The predicted octanol–water partition coefficient (Wildman–Crippen LogP) is 6.90. The van der Waals surface area contributed by atoms with Gasteiger partial charge in [-0.25, -0.2) is 4.98 Å². The van der Waals surface area contributed by atoms with Gasteiger partial charge in [0.2, 0.25) is 0 Å². The average Bonchev–Trinajstić information content (AvgIpc) is 3.44. The lowest BCUT2D eigenvalue weighted by atomic mass is 9.83. The van der Waals surface area contributed by atoms with Crippen LogP contribution in [0.1, 0.15) is 44.5 Å². The van der Waals surface area contributed by atoms with Crippen molar-refractivity contribution in [2.24, 2.45) is 0 Å². The molecule has 2 aliphatic carbocycles. The number of fused-ring (bicyclic) bond motifs is 11. The molecule has 0 radical (unpaired) electrons. The van der Waals surface area contributed by atoms with Crippen LogP contribution in [0.4, 0.5) is 17.2 Å². The summed E-state index contributed by atoms with van der Waals surface area (Å²) in [7, 11) is 0. The van der Waals surface area contributed by atoms with Gasteiger partial charge in [-0.1, -0.05) is 36.4 Å². The van der Waals surface area contributed by atoms with Crippen molar-refractivity contribution in [2.45, 2.75) is 25.7 Å². The highest BCUT2D eigenvalue weighted by Gasteiger charge is 2.37. The third-order valence-electron chi connectivity index (χ3n) is 8.44. The van der Waals surface area contributed by atoms with Crippen LogP contribution in [0, 0.1) is 0 Å². The summed E-state index contributed by atoms with van der Waals surface area (Å²) in [6.45, 7) is 0. The first-order valence-electron chi connectivity index (χ1n) is 12.4. The smallest absolute Gasteiger partial charge is 0.141 e. The van der Waals surface area contributed by atoms with Crippen LogP contribution in [0.3, 0.4) is 0 Å². The first kappa shape index (κ1) is 18.1. The number of aromatic nitrogens is 2. The average molecular weight is 448 g/mol. The van der Waals surface area contributed by atoms with E-state index in [2.05, 4.69) is 70.5 Å². The van der Waals surface area contributed by atoms with Crippen molar-refractivity contribution in [3.8, 4) is 22.3 Å². The van der Waals surface area contributed by atoms with E-state index in [4.69, 9.17) is 4.98 Å². The molecule has 0 saturated carbocycles. The summed E-state index contributed by atoms with van der Waals surface area (Å²) in [6, 6.07) is 22.8. The normalized spacial score (nSPS) is 14.9. The molecule has 0 atom stereocenters. The summed E-state index contributed by atoms with van der Waals surface area (Å²) in [4.78, 5) is 11.7. The van der Waals surface area contributed by atoms with Gasteiger partial charge in [0.05, 0.1) is 11.4 Å². The van der Waals surface area contributed by atoms with Crippen molar-refractivity contribution in [3.63, 3.8) is 0 Å². The number of pyridine rings is 2. The number of anilines is 3. The molecule has 3 aromatic carbocycles. The summed E-state index contributed by atoms with van der Waals surface area (Å²) in [5.41, 5.74) is 19.6. The van der Waals surface area contributed by atoms with Crippen LogP contribution >= 0.6 is 0 Å². The molecule has 4 aliphatic rings. The van der Waals surface area contributed by atoms with Gasteiger partial charge < -0.3 is 0 Å². The zero-order valence-corrected chi connectivity index (χ0v) is 19.2. The maximum Gasteiger partial charge on any atom is 0.141 e. The Morgan fingerprint density at radius 3 is 2.40 bits per heavy atom. The zero-order valence-electron chi connectivity index (χ0n) is 19.2. The van der Waals surface area contributed by atoms with Gasteiger partial charge >= 0.3 is 0 Å². The molecule has 0 saturated heterocycles. The number of rotatable bonds is 0. The summed E-state index contributed by atoms with van der Waals surface area (Å²) < 4.78 is 0. The molecule has 0 N–H and O–H groups in total. The van der Waals surface area contributed by atoms with E-state index in [-0.39, 0.29) is 0 Å².